The summed E-state index contributed by atoms with van der Waals surface area (Å²) in [6.07, 6.45) is 0. The molecule has 0 amide bonds. The number of benzene rings is 2. The lowest BCUT2D eigenvalue weighted by Gasteiger charge is -2.24. The van der Waals surface area contributed by atoms with Crippen molar-refractivity contribution >= 4 is 5.69 Å². The van der Waals surface area contributed by atoms with Crippen molar-refractivity contribution in [3.63, 3.8) is 0 Å². The van der Waals surface area contributed by atoms with Gasteiger partial charge in [0.1, 0.15) is 5.82 Å². The van der Waals surface area contributed by atoms with Gasteiger partial charge in [0.05, 0.1) is 5.69 Å². The van der Waals surface area contributed by atoms with Crippen molar-refractivity contribution < 1.29 is 4.39 Å². The maximum Gasteiger partial charge on any atom is 0.146 e. The zero-order valence-corrected chi connectivity index (χ0v) is 12.8. The highest BCUT2D eigenvalue weighted by molar-refractivity contribution is 5.49. The van der Waals surface area contributed by atoms with Gasteiger partial charge >= 0.3 is 0 Å². The topological polar surface area (TPSA) is 15.3 Å². The molecule has 0 spiro atoms. The Hall–Kier alpha value is -1.87. The monoisotopic (exact) mass is 286 g/mol. The van der Waals surface area contributed by atoms with Crippen molar-refractivity contribution in [2.24, 2.45) is 0 Å². The summed E-state index contributed by atoms with van der Waals surface area (Å²) < 4.78 is 14.3. The van der Waals surface area contributed by atoms with Gasteiger partial charge in [0.15, 0.2) is 0 Å². The van der Waals surface area contributed by atoms with E-state index in [1.807, 2.05) is 37.3 Å². The Kier molecular flexibility index (Phi) is 5.76. The van der Waals surface area contributed by atoms with E-state index >= 15 is 0 Å². The van der Waals surface area contributed by atoms with Crippen LogP contribution in [-0.4, -0.2) is 13.1 Å². The number of halogens is 1. The normalized spacial score (nSPS) is 10.6. The van der Waals surface area contributed by atoms with Gasteiger partial charge in [0.2, 0.25) is 0 Å². The molecule has 112 valence electrons. The molecule has 21 heavy (non-hydrogen) atoms. The highest BCUT2D eigenvalue weighted by Crippen LogP contribution is 2.22. The minimum absolute atomic E-state index is 0.150. The molecule has 0 saturated heterocycles. The van der Waals surface area contributed by atoms with Crippen LogP contribution in [0.3, 0.4) is 0 Å². The molecule has 0 unspecified atom stereocenters. The fourth-order valence-electron chi connectivity index (χ4n) is 2.36. The molecule has 2 aromatic carbocycles. The molecule has 0 bridgehead atoms. The van der Waals surface area contributed by atoms with Gasteiger partial charge in [-0.15, -0.1) is 0 Å². The SMILES string of the molecule is CCNCc1ccc(N(CC)Cc2ccccc2)c(F)c1. The molecule has 2 rings (SSSR count). The van der Waals surface area contributed by atoms with Gasteiger partial charge in [-0.3, -0.25) is 0 Å². The quantitative estimate of drug-likeness (QED) is 0.828. The van der Waals surface area contributed by atoms with Gasteiger partial charge in [-0.25, -0.2) is 4.39 Å². The maximum atomic E-state index is 14.3. The molecule has 0 heterocycles. The van der Waals surface area contributed by atoms with E-state index in [-0.39, 0.29) is 5.82 Å². The Morgan fingerprint density at radius 3 is 2.38 bits per heavy atom. The van der Waals surface area contributed by atoms with Crippen LogP contribution in [0.15, 0.2) is 48.5 Å². The van der Waals surface area contributed by atoms with E-state index in [4.69, 9.17) is 0 Å². The van der Waals surface area contributed by atoms with Crippen molar-refractivity contribution in [3.05, 3.63) is 65.5 Å². The second kappa shape index (κ2) is 7.79. The number of anilines is 1. The average molecular weight is 286 g/mol. The van der Waals surface area contributed by atoms with E-state index in [2.05, 4.69) is 29.3 Å². The Balaban J connectivity index is 2.14. The van der Waals surface area contributed by atoms with E-state index in [9.17, 15) is 4.39 Å². The molecule has 0 fully saturated rings. The molecule has 3 heteroatoms. The number of nitrogens with one attached hydrogen (secondary N) is 1. The predicted octanol–water partition coefficient (Wildman–Crippen LogP) is 3.96. The van der Waals surface area contributed by atoms with Crippen molar-refractivity contribution in [2.45, 2.75) is 26.9 Å². The van der Waals surface area contributed by atoms with Gasteiger partial charge in [-0.2, -0.15) is 0 Å². The molecule has 0 radical (unpaired) electrons. The minimum atomic E-state index is -0.150. The lowest BCUT2D eigenvalue weighted by atomic mass is 10.1. The van der Waals surface area contributed by atoms with E-state index in [0.717, 1.165) is 25.2 Å². The predicted molar refractivity (Wildman–Crippen MR) is 86.9 cm³/mol. The number of hydrogen-bond acceptors (Lipinski definition) is 2. The largest absolute Gasteiger partial charge is 0.365 e. The molecule has 0 aromatic heterocycles. The van der Waals surface area contributed by atoms with E-state index in [0.29, 0.717) is 12.2 Å². The van der Waals surface area contributed by atoms with Crippen LogP contribution in [0.1, 0.15) is 25.0 Å². The summed E-state index contributed by atoms with van der Waals surface area (Å²) in [5.74, 6) is -0.150. The van der Waals surface area contributed by atoms with Crippen LogP contribution in [0.25, 0.3) is 0 Å². The second-order valence-corrected chi connectivity index (χ2v) is 5.07. The van der Waals surface area contributed by atoms with Gasteiger partial charge in [-0.05, 0) is 36.7 Å². The van der Waals surface area contributed by atoms with Crippen LogP contribution in [0.5, 0.6) is 0 Å². The first-order chi connectivity index (χ1) is 10.2. The van der Waals surface area contributed by atoms with Gasteiger partial charge < -0.3 is 10.2 Å². The summed E-state index contributed by atoms with van der Waals surface area (Å²) >= 11 is 0. The van der Waals surface area contributed by atoms with Crippen LogP contribution in [-0.2, 0) is 13.1 Å². The summed E-state index contributed by atoms with van der Waals surface area (Å²) in [6.45, 7) is 7.19. The molecule has 0 aliphatic carbocycles. The standard InChI is InChI=1S/C18H23FN2/c1-3-20-13-16-10-11-18(17(19)12-16)21(4-2)14-15-8-6-5-7-9-15/h5-12,20H,3-4,13-14H2,1-2H3. The second-order valence-electron chi connectivity index (χ2n) is 5.07. The Morgan fingerprint density at radius 2 is 1.76 bits per heavy atom. The Labute approximate surface area is 126 Å². The van der Waals surface area contributed by atoms with E-state index in [1.54, 1.807) is 6.07 Å². The summed E-state index contributed by atoms with van der Waals surface area (Å²) in [7, 11) is 0. The Morgan fingerprint density at radius 1 is 1.00 bits per heavy atom. The maximum absolute atomic E-state index is 14.3. The van der Waals surface area contributed by atoms with E-state index in [1.165, 1.54) is 5.56 Å². The third-order valence-electron chi connectivity index (χ3n) is 3.53. The minimum Gasteiger partial charge on any atom is -0.365 e. The molecular weight excluding hydrogens is 263 g/mol. The van der Waals surface area contributed by atoms with Crippen molar-refractivity contribution in [1.82, 2.24) is 5.32 Å². The fourth-order valence-corrected chi connectivity index (χ4v) is 2.36. The number of rotatable bonds is 7. The molecule has 1 N–H and O–H groups in total. The van der Waals surface area contributed by atoms with Crippen molar-refractivity contribution in [3.8, 4) is 0 Å². The highest BCUT2D eigenvalue weighted by Gasteiger charge is 2.11. The third kappa shape index (κ3) is 4.30. The first-order valence-electron chi connectivity index (χ1n) is 7.52. The molecule has 2 aromatic rings. The number of nitrogens with zero attached hydrogens (tertiary/aromatic N) is 1. The van der Waals surface area contributed by atoms with Crippen LogP contribution in [0, 0.1) is 5.82 Å². The van der Waals surface area contributed by atoms with Crippen LogP contribution in [0.2, 0.25) is 0 Å². The fraction of sp³-hybridized carbons (Fsp3) is 0.333. The molecule has 0 aliphatic rings. The summed E-state index contributed by atoms with van der Waals surface area (Å²) in [6, 6.07) is 15.7. The molecular formula is C18H23FN2. The van der Waals surface area contributed by atoms with Crippen LogP contribution in [0.4, 0.5) is 10.1 Å². The smallest absolute Gasteiger partial charge is 0.146 e. The molecule has 0 aliphatic heterocycles. The molecule has 0 saturated carbocycles. The van der Waals surface area contributed by atoms with Crippen molar-refractivity contribution in [2.75, 3.05) is 18.0 Å². The Bertz CT molecular complexity index is 554. The lowest BCUT2D eigenvalue weighted by Crippen LogP contribution is -2.23. The van der Waals surface area contributed by atoms with Gasteiger partial charge in [0, 0.05) is 19.6 Å². The summed E-state index contributed by atoms with van der Waals surface area (Å²) in [5.41, 5.74) is 2.84. The first kappa shape index (κ1) is 15.5. The third-order valence-corrected chi connectivity index (χ3v) is 3.53. The lowest BCUT2D eigenvalue weighted by molar-refractivity contribution is 0.612. The average Bonchev–Trinajstić information content (AvgIpc) is 2.52. The first-order valence-corrected chi connectivity index (χ1v) is 7.52. The molecule has 0 atom stereocenters. The van der Waals surface area contributed by atoms with E-state index < -0.39 is 0 Å². The van der Waals surface area contributed by atoms with Crippen LogP contribution < -0.4 is 10.2 Å². The zero-order valence-electron chi connectivity index (χ0n) is 12.8. The van der Waals surface area contributed by atoms with Gasteiger partial charge in [0.25, 0.3) is 0 Å². The van der Waals surface area contributed by atoms with Crippen molar-refractivity contribution in [1.29, 1.82) is 0 Å². The number of hydrogen-bond donors (Lipinski definition) is 1. The highest BCUT2D eigenvalue weighted by atomic mass is 19.1. The van der Waals surface area contributed by atoms with Crippen LogP contribution >= 0.6 is 0 Å². The molecule has 2 nitrogen and oxygen atoms in total. The summed E-state index contributed by atoms with van der Waals surface area (Å²) in [5, 5.41) is 3.21. The van der Waals surface area contributed by atoms with Gasteiger partial charge in [-0.1, -0.05) is 43.3 Å². The summed E-state index contributed by atoms with van der Waals surface area (Å²) in [4.78, 5) is 2.06. The zero-order chi connectivity index (χ0) is 15.1.